The van der Waals surface area contributed by atoms with Crippen LogP contribution in [0, 0.1) is 5.92 Å². The summed E-state index contributed by atoms with van der Waals surface area (Å²) in [6, 6.07) is -1.10. The monoisotopic (exact) mass is 303 g/mol. The lowest BCUT2D eigenvalue weighted by atomic mass is 10.0. The lowest BCUT2D eigenvalue weighted by Gasteiger charge is -2.21. The molecule has 21 heavy (non-hydrogen) atoms. The van der Waals surface area contributed by atoms with Crippen LogP contribution in [-0.4, -0.2) is 81.0 Å². The standard InChI is InChI=1S/C12H21N3O6/c1-15(5-10(16)13-3-4-20-2)12(19)14-9-7-21-6-8(9)11(17)18/h8-9H,3-7H2,1-2H3,(H,13,16)(H,14,19)(H,17,18). The molecule has 1 aliphatic rings. The van der Waals surface area contributed by atoms with Crippen LogP contribution in [0.3, 0.4) is 0 Å². The molecule has 120 valence electrons. The van der Waals surface area contributed by atoms with Crippen molar-refractivity contribution in [2.45, 2.75) is 6.04 Å². The van der Waals surface area contributed by atoms with Crippen LogP contribution >= 0.6 is 0 Å². The maximum Gasteiger partial charge on any atom is 0.317 e. The number of carboxylic acids is 1. The van der Waals surface area contributed by atoms with E-state index in [-0.39, 0.29) is 25.7 Å². The van der Waals surface area contributed by atoms with Crippen molar-refractivity contribution in [1.29, 1.82) is 0 Å². The first-order valence-corrected chi connectivity index (χ1v) is 6.53. The highest BCUT2D eigenvalue weighted by Crippen LogP contribution is 2.13. The van der Waals surface area contributed by atoms with Gasteiger partial charge in [0.15, 0.2) is 0 Å². The van der Waals surface area contributed by atoms with Crippen LogP contribution < -0.4 is 10.6 Å². The van der Waals surface area contributed by atoms with Crippen molar-refractivity contribution in [1.82, 2.24) is 15.5 Å². The minimum absolute atomic E-state index is 0.0709. The van der Waals surface area contributed by atoms with Crippen LogP contribution in [0.15, 0.2) is 0 Å². The van der Waals surface area contributed by atoms with Crippen LogP contribution in [0.2, 0.25) is 0 Å². The molecule has 1 saturated heterocycles. The molecule has 3 amide bonds. The first-order chi connectivity index (χ1) is 9.95. The van der Waals surface area contributed by atoms with Crippen LogP contribution in [-0.2, 0) is 19.1 Å². The molecule has 0 aliphatic carbocycles. The summed E-state index contributed by atoms with van der Waals surface area (Å²) in [5, 5.41) is 14.1. The quantitative estimate of drug-likeness (QED) is 0.492. The van der Waals surface area contributed by atoms with Gasteiger partial charge in [-0.05, 0) is 0 Å². The van der Waals surface area contributed by atoms with Gasteiger partial charge in [0.2, 0.25) is 5.91 Å². The summed E-state index contributed by atoms with van der Waals surface area (Å²) in [6.45, 7) is 0.850. The summed E-state index contributed by atoms with van der Waals surface area (Å²) < 4.78 is 9.84. The molecule has 0 aromatic carbocycles. The number of urea groups is 1. The first kappa shape index (κ1) is 17.2. The topological polar surface area (TPSA) is 117 Å². The van der Waals surface area contributed by atoms with Crippen molar-refractivity contribution < 1.29 is 29.0 Å². The number of hydrogen-bond donors (Lipinski definition) is 3. The molecule has 1 rings (SSSR count). The van der Waals surface area contributed by atoms with Gasteiger partial charge in [0.1, 0.15) is 12.5 Å². The largest absolute Gasteiger partial charge is 0.481 e. The molecule has 1 fully saturated rings. The lowest BCUT2D eigenvalue weighted by Crippen LogP contribution is -2.50. The van der Waals surface area contributed by atoms with E-state index in [0.717, 1.165) is 0 Å². The molecule has 2 atom stereocenters. The molecule has 0 spiro atoms. The lowest BCUT2D eigenvalue weighted by molar-refractivity contribution is -0.142. The Morgan fingerprint density at radius 2 is 2.10 bits per heavy atom. The zero-order valence-corrected chi connectivity index (χ0v) is 12.1. The third-order valence-electron chi connectivity index (χ3n) is 3.06. The number of carboxylic acid groups (broad SMARTS) is 1. The SMILES string of the molecule is COCCNC(=O)CN(C)C(=O)NC1COCC1C(=O)O. The third kappa shape index (κ3) is 5.56. The Morgan fingerprint density at radius 1 is 1.38 bits per heavy atom. The average molecular weight is 303 g/mol. The molecule has 0 bridgehead atoms. The van der Waals surface area contributed by atoms with Crippen LogP contribution in [0.4, 0.5) is 4.79 Å². The van der Waals surface area contributed by atoms with Crippen LogP contribution in [0.5, 0.6) is 0 Å². The normalized spacial score (nSPS) is 20.9. The highest BCUT2D eigenvalue weighted by atomic mass is 16.5. The van der Waals surface area contributed by atoms with E-state index in [4.69, 9.17) is 14.6 Å². The van der Waals surface area contributed by atoms with E-state index in [2.05, 4.69) is 10.6 Å². The summed E-state index contributed by atoms with van der Waals surface area (Å²) >= 11 is 0. The maximum atomic E-state index is 11.9. The van der Waals surface area contributed by atoms with Gasteiger partial charge in [-0.2, -0.15) is 0 Å². The Hall–Kier alpha value is -1.87. The highest BCUT2D eigenvalue weighted by Gasteiger charge is 2.35. The van der Waals surface area contributed by atoms with E-state index in [1.807, 2.05) is 0 Å². The first-order valence-electron chi connectivity index (χ1n) is 6.53. The number of amides is 3. The minimum atomic E-state index is -1.02. The Kier molecular flexibility index (Phi) is 6.89. The van der Waals surface area contributed by atoms with Crippen molar-refractivity contribution >= 4 is 17.9 Å². The second-order valence-electron chi connectivity index (χ2n) is 4.74. The summed E-state index contributed by atoms with van der Waals surface area (Å²) in [4.78, 5) is 35.6. The Bertz CT molecular complexity index is 389. The fourth-order valence-corrected chi connectivity index (χ4v) is 1.84. The van der Waals surface area contributed by atoms with Gasteiger partial charge >= 0.3 is 12.0 Å². The van der Waals surface area contributed by atoms with Gasteiger partial charge in [0, 0.05) is 20.7 Å². The number of ether oxygens (including phenoxy) is 2. The number of carbonyl (C=O) groups excluding carboxylic acids is 2. The van der Waals surface area contributed by atoms with E-state index in [1.54, 1.807) is 0 Å². The summed E-state index contributed by atoms with van der Waals surface area (Å²) in [6.07, 6.45) is 0. The molecule has 2 unspecified atom stereocenters. The van der Waals surface area contributed by atoms with Gasteiger partial charge < -0.3 is 30.1 Å². The average Bonchev–Trinajstić information content (AvgIpc) is 2.87. The molecule has 0 aromatic rings. The number of nitrogens with zero attached hydrogens (tertiary/aromatic N) is 1. The van der Waals surface area contributed by atoms with Crippen molar-refractivity contribution in [3.8, 4) is 0 Å². The van der Waals surface area contributed by atoms with E-state index in [0.29, 0.717) is 13.2 Å². The second kappa shape index (κ2) is 8.42. The molecule has 0 radical (unpaired) electrons. The molecule has 3 N–H and O–H groups in total. The second-order valence-corrected chi connectivity index (χ2v) is 4.74. The molecular weight excluding hydrogens is 282 g/mol. The minimum Gasteiger partial charge on any atom is -0.481 e. The number of carbonyl (C=O) groups is 3. The number of aliphatic carboxylic acids is 1. The molecule has 0 saturated carbocycles. The molecular formula is C12H21N3O6. The zero-order chi connectivity index (χ0) is 15.8. The molecule has 1 heterocycles. The van der Waals surface area contributed by atoms with Gasteiger partial charge in [-0.15, -0.1) is 0 Å². The summed E-state index contributed by atoms with van der Waals surface area (Å²) in [5.41, 5.74) is 0. The van der Waals surface area contributed by atoms with Crippen LogP contribution in [0.25, 0.3) is 0 Å². The number of nitrogens with one attached hydrogen (secondary N) is 2. The van der Waals surface area contributed by atoms with E-state index < -0.39 is 24.0 Å². The predicted octanol–water partition coefficient (Wildman–Crippen LogP) is -1.51. The van der Waals surface area contributed by atoms with Gasteiger partial charge in [0.25, 0.3) is 0 Å². The number of hydrogen-bond acceptors (Lipinski definition) is 5. The highest BCUT2D eigenvalue weighted by molar-refractivity contribution is 5.84. The Balaban J connectivity index is 2.37. The Morgan fingerprint density at radius 3 is 2.71 bits per heavy atom. The van der Waals surface area contributed by atoms with Gasteiger partial charge in [-0.25, -0.2) is 4.79 Å². The van der Waals surface area contributed by atoms with E-state index in [9.17, 15) is 14.4 Å². The van der Waals surface area contributed by atoms with Crippen molar-refractivity contribution in [2.24, 2.45) is 5.92 Å². The summed E-state index contributed by atoms with van der Waals surface area (Å²) in [5.74, 6) is -2.10. The smallest absolute Gasteiger partial charge is 0.317 e. The number of rotatable bonds is 7. The molecule has 9 nitrogen and oxygen atoms in total. The molecule has 1 aliphatic heterocycles. The van der Waals surface area contributed by atoms with Gasteiger partial charge in [-0.3, -0.25) is 9.59 Å². The Labute approximate surface area is 122 Å². The predicted molar refractivity (Wildman–Crippen MR) is 71.8 cm³/mol. The van der Waals surface area contributed by atoms with Gasteiger partial charge in [0.05, 0.1) is 25.9 Å². The van der Waals surface area contributed by atoms with Crippen molar-refractivity contribution in [2.75, 3.05) is 47.1 Å². The zero-order valence-electron chi connectivity index (χ0n) is 12.1. The molecule has 9 heteroatoms. The third-order valence-corrected chi connectivity index (χ3v) is 3.06. The maximum absolute atomic E-state index is 11.9. The number of methoxy groups -OCH3 is 1. The van der Waals surface area contributed by atoms with E-state index >= 15 is 0 Å². The van der Waals surface area contributed by atoms with Crippen molar-refractivity contribution in [3.05, 3.63) is 0 Å². The molecule has 0 aromatic heterocycles. The fourth-order valence-electron chi connectivity index (χ4n) is 1.84. The fraction of sp³-hybridized carbons (Fsp3) is 0.750. The summed E-state index contributed by atoms with van der Waals surface area (Å²) in [7, 11) is 2.98. The number of likely N-dealkylation sites (N-methyl/N-ethyl adjacent to an activating group) is 1. The van der Waals surface area contributed by atoms with Gasteiger partial charge in [-0.1, -0.05) is 0 Å². The van der Waals surface area contributed by atoms with Crippen LogP contribution in [0.1, 0.15) is 0 Å². The van der Waals surface area contributed by atoms with E-state index in [1.165, 1.54) is 19.1 Å². The van der Waals surface area contributed by atoms with Crippen molar-refractivity contribution in [3.63, 3.8) is 0 Å².